The van der Waals surface area contributed by atoms with Gasteiger partial charge < -0.3 is 0 Å². The summed E-state index contributed by atoms with van der Waals surface area (Å²) in [4.78, 5) is 0. The van der Waals surface area contributed by atoms with E-state index in [2.05, 4.69) is 102 Å². The molecular weight excluding hydrogens is 441 g/mol. The van der Waals surface area contributed by atoms with Crippen molar-refractivity contribution in [3.8, 4) is 0 Å². The highest BCUT2D eigenvalue weighted by Crippen LogP contribution is 2.37. The summed E-state index contributed by atoms with van der Waals surface area (Å²) >= 11 is 0. The molecule has 0 unspecified atom stereocenters. The van der Waals surface area contributed by atoms with Crippen molar-refractivity contribution >= 4 is 34.8 Å². The summed E-state index contributed by atoms with van der Waals surface area (Å²) in [7, 11) is -2.00. The maximum Gasteiger partial charge on any atom is 0.0979 e. The van der Waals surface area contributed by atoms with Gasteiger partial charge in [0.1, 0.15) is 0 Å². The molecule has 0 saturated heterocycles. The minimum absolute atomic E-state index is 0.181. The van der Waals surface area contributed by atoms with Gasteiger partial charge in [-0.05, 0) is 55.7 Å². The second-order valence-electron chi connectivity index (χ2n) is 8.91. The summed E-state index contributed by atoms with van der Waals surface area (Å²) in [5.74, 6) is 0. The van der Waals surface area contributed by atoms with Gasteiger partial charge in [0.15, 0.2) is 0 Å². The summed E-state index contributed by atoms with van der Waals surface area (Å²) in [5, 5.41) is 3.88. The van der Waals surface area contributed by atoms with Crippen molar-refractivity contribution in [1.29, 1.82) is 0 Å². The lowest BCUT2D eigenvalue weighted by Gasteiger charge is -2.29. The molecule has 0 saturated carbocycles. The lowest BCUT2D eigenvalue weighted by Crippen LogP contribution is -2.38. The highest BCUT2D eigenvalue weighted by atomic mass is 32.2. The fourth-order valence-corrected chi connectivity index (χ4v) is 7.08. The van der Waals surface area contributed by atoms with Crippen LogP contribution in [-0.4, -0.2) is 8.96 Å². The summed E-state index contributed by atoms with van der Waals surface area (Å²) in [6.07, 6.45) is 0. The smallest absolute Gasteiger partial charge is 0.0979 e. The summed E-state index contributed by atoms with van der Waals surface area (Å²) < 4.78 is 16.3. The quantitative estimate of drug-likeness (QED) is 0.350. The first-order valence-corrected chi connectivity index (χ1v) is 13.7. The van der Waals surface area contributed by atoms with Crippen molar-refractivity contribution in [2.24, 2.45) is 0 Å². The molecule has 4 rings (SSSR count). The van der Waals surface area contributed by atoms with Crippen LogP contribution in [0.4, 0.5) is 0 Å². The van der Waals surface area contributed by atoms with Gasteiger partial charge in [0.2, 0.25) is 0 Å². The molecule has 0 aliphatic heterocycles. The SMILES string of the molecule is CC(C)(C)[S@@](=O)N[C@H](c1ccccc1)c1ccccc1P(c1ccccc1)c1ccccc1. The van der Waals surface area contributed by atoms with Gasteiger partial charge in [0.05, 0.1) is 21.8 Å². The Hall–Kier alpha value is -2.58. The van der Waals surface area contributed by atoms with Gasteiger partial charge in [0, 0.05) is 0 Å². The summed E-state index contributed by atoms with van der Waals surface area (Å²) in [6, 6.07) is 40.2. The van der Waals surface area contributed by atoms with Gasteiger partial charge in [-0.1, -0.05) is 115 Å². The molecule has 0 bridgehead atoms. The Morgan fingerprint density at radius 1 is 0.667 bits per heavy atom. The van der Waals surface area contributed by atoms with Crippen LogP contribution in [0.15, 0.2) is 115 Å². The molecule has 1 N–H and O–H groups in total. The monoisotopic (exact) mass is 471 g/mol. The number of hydrogen-bond donors (Lipinski definition) is 1. The first kappa shape index (κ1) is 23.6. The summed E-state index contributed by atoms with van der Waals surface area (Å²) in [5.41, 5.74) is 2.28. The van der Waals surface area contributed by atoms with Crippen LogP contribution in [0.5, 0.6) is 0 Å². The molecular formula is C29H30NOPS. The molecule has 2 nitrogen and oxygen atoms in total. The first-order valence-electron chi connectivity index (χ1n) is 11.2. The van der Waals surface area contributed by atoms with E-state index in [1.807, 2.05) is 39.0 Å². The van der Waals surface area contributed by atoms with Crippen LogP contribution >= 0.6 is 7.92 Å². The van der Waals surface area contributed by atoms with E-state index in [9.17, 15) is 4.21 Å². The molecule has 0 aromatic heterocycles. The minimum Gasteiger partial charge on any atom is -0.242 e. The minimum atomic E-state index is -1.22. The Balaban J connectivity index is 1.89. The normalized spacial score (nSPS) is 13.6. The molecule has 168 valence electrons. The molecule has 4 heteroatoms. The van der Waals surface area contributed by atoms with Gasteiger partial charge in [-0.2, -0.15) is 0 Å². The molecule has 4 aromatic carbocycles. The van der Waals surface area contributed by atoms with Crippen LogP contribution in [0.2, 0.25) is 0 Å². The van der Waals surface area contributed by atoms with Crippen LogP contribution < -0.4 is 20.6 Å². The molecule has 4 aromatic rings. The Morgan fingerprint density at radius 2 is 1.12 bits per heavy atom. The Morgan fingerprint density at radius 3 is 1.64 bits per heavy atom. The number of hydrogen-bond acceptors (Lipinski definition) is 1. The molecule has 0 aliphatic carbocycles. The fourth-order valence-electron chi connectivity index (χ4n) is 3.76. The zero-order valence-corrected chi connectivity index (χ0v) is 21.0. The number of nitrogens with one attached hydrogen (secondary N) is 1. The van der Waals surface area contributed by atoms with Crippen LogP contribution in [0.1, 0.15) is 37.9 Å². The molecule has 0 aliphatic rings. The van der Waals surface area contributed by atoms with E-state index < -0.39 is 18.9 Å². The average molecular weight is 472 g/mol. The van der Waals surface area contributed by atoms with E-state index >= 15 is 0 Å². The zero-order chi connectivity index (χ0) is 23.3. The van der Waals surface area contributed by atoms with Crippen LogP contribution in [0, 0.1) is 0 Å². The standard InChI is InChI=1S/C29H30NOPS/c1-29(2,3)33(31)30-28(23-15-7-4-8-16-23)26-21-13-14-22-27(26)32(24-17-9-5-10-18-24)25-19-11-6-12-20-25/h4-22,28,30H,1-3H3/t28-,33-/m1/s1. The van der Waals surface area contributed by atoms with Gasteiger partial charge in [0.25, 0.3) is 0 Å². The van der Waals surface area contributed by atoms with Gasteiger partial charge in [-0.3, -0.25) is 0 Å². The predicted molar refractivity (Wildman–Crippen MR) is 144 cm³/mol. The zero-order valence-electron chi connectivity index (χ0n) is 19.3. The largest absolute Gasteiger partial charge is 0.242 e. The van der Waals surface area contributed by atoms with Crippen molar-refractivity contribution < 1.29 is 4.21 Å². The predicted octanol–water partition coefficient (Wildman–Crippen LogP) is 5.59. The maximum atomic E-state index is 13.2. The molecule has 0 spiro atoms. The number of rotatable bonds is 7. The molecule has 0 heterocycles. The highest BCUT2D eigenvalue weighted by molar-refractivity contribution is 7.84. The van der Waals surface area contributed by atoms with Crippen LogP contribution in [-0.2, 0) is 11.0 Å². The molecule has 0 radical (unpaired) electrons. The molecule has 0 fully saturated rings. The van der Waals surface area contributed by atoms with Crippen molar-refractivity contribution in [2.75, 3.05) is 0 Å². The van der Waals surface area contributed by atoms with E-state index in [4.69, 9.17) is 0 Å². The van der Waals surface area contributed by atoms with E-state index in [-0.39, 0.29) is 10.8 Å². The Kier molecular flexibility index (Phi) is 7.55. The van der Waals surface area contributed by atoms with E-state index in [1.165, 1.54) is 21.5 Å². The molecule has 2 atom stereocenters. The average Bonchev–Trinajstić information content (AvgIpc) is 2.84. The van der Waals surface area contributed by atoms with Gasteiger partial charge in [-0.15, -0.1) is 0 Å². The lowest BCUT2D eigenvalue weighted by molar-refractivity contribution is 0.624. The lowest BCUT2D eigenvalue weighted by atomic mass is 10.00. The molecule has 0 amide bonds. The summed E-state index contributed by atoms with van der Waals surface area (Å²) in [6.45, 7) is 6.01. The molecule has 33 heavy (non-hydrogen) atoms. The van der Waals surface area contributed by atoms with Crippen molar-refractivity contribution in [1.82, 2.24) is 4.72 Å². The van der Waals surface area contributed by atoms with Gasteiger partial charge >= 0.3 is 0 Å². The van der Waals surface area contributed by atoms with Crippen LogP contribution in [0.3, 0.4) is 0 Å². The van der Waals surface area contributed by atoms with E-state index in [0.717, 1.165) is 5.56 Å². The Labute approximate surface area is 201 Å². The van der Waals surface area contributed by atoms with Crippen molar-refractivity contribution in [3.05, 3.63) is 126 Å². The van der Waals surface area contributed by atoms with Crippen molar-refractivity contribution in [2.45, 2.75) is 31.6 Å². The number of benzene rings is 4. The third-order valence-electron chi connectivity index (χ3n) is 5.43. The van der Waals surface area contributed by atoms with Gasteiger partial charge in [-0.25, -0.2) is 8.93 Å². The fraction of sp³-hybridized carbons (Fsp3) is 0.172. The third-order valence-corrected chi connectivity index (χ3v) is 9.51. The first-order chi connectivity index (χ1) is 15.9. The topological polar surface area (TPSA) is 29.1 Å². The highest BCUT2D eigenvalue weighted by Gasteiger charge is 2.28. The van der Waals surface area contributed by atoms with E-state index in [0.29, 0.717) is 0 Å². The second kappa shape index (κ2) is 10.6. The van der Waals surface area contributed by atoms with Crippen LogP contribution in [0.25, 0.3) is 0 Å². The van der Waals surface area contributed by atoms with E-state index in [1.54, 1.807) is 0 Å². The maximum absolute atomic E-state index is 13.2. The third kappa shape index (κ3) is 5.68. The van der Waals surface area contributed by atoms with Crippen molar-refractivity contribution in [3.63, 3.8) is 0 Å². The Bertz CT molecular complexity index is 1150. The second-order valence-corrected chi connectivity index (χ2v) is 13.1.